The Morgan fingerprint density at radius 2 is 1.43 bits per heavy atom. The first-order valence-corrected chi connectivity index (χ1v) is 8.77. The number of hydrogen-bond donors (Lipinski definition) is 2. The van der Waals surface area contributed by atoms with Gasteiger partial charge in [-0.05, 0) is 13.0 Å². The fourth-order valence-corrected chi connectivity index (χ4v) is 2.29. The van der Waals surface area contributed by atoms with Crippen molar-refractivity contribution < 1.29 is 9.53 Å². The third-order valence-electron chi connectivity index (χ3n) is 3.62. The number of carbonyl (C=O) groups is 1. The van der Waals surface area contributed by atoms with E-state index in [4.69, 9.17) is 4.74 Å². The van der Waals surface area contributed by atoms with E-state index in [0.29, 0.717) is 19.7 Å². The second-order valence-electron chi connectivity index (χ2n) is 5.70. The van der Waals surface area contributed by atoms with E-state index in [9.17, 15) is 4.79 Å². The van der Waals surface area contributed by atoms with Gasteiger partial charge in [0.05, 0.1) is 13.2 Å². The second kappa shape index (κ2) is 17.4. The summed E-state index contributed by atoms with van der Waals surface area (Å²) in [5.41, 5.74) is 0. The normalized spacial score (nSPS) is 10.8. The summed E-state index contributed by atoms with van der Waals surface area (Å²) in [4.78, 5) is 11.4. The summed E-state index contributed by atoms with van der Waals surface area (Å²) in [5.74, 6) is 0.0547. The van der Waals surface area contributed by atoms with Gasteiger partial charge in [0.1, 0.15) is 0 Å². The minimum atomic E-state index is 0.0547. The van der Waals surface area contributed by atoms with Gasteiger partial charge in [0.2, 0.25) is 5.91 Å². The number of carbonyl (C=O) groups excluding carboxylic acids is 1. The summed E-state index contributed by atoms with van der Waals surface area (Å²) in [7, 11) is 1.63. The summed E-state index contributed by atoms with van der Waals surface area (Å²) in [6.45, 7) is 4.78. The minimum Gasteiger partial charge on any atom is -0.383 e. The summed E-state index contributed by atoms with van der Waals surface area (Å²) >= 11 is 0. The Morgan fingerprint density at radius 3 is 2.00 bits per heavy atom. The van der Waals surface area contributed by atoms with Crippen molar-refractivity contribution in [3.63, 3.8) is 0 Å². The highest BCUT2D eigenvalue weighted by Gasteiger charge is 1.98. The van der Waals surface area contributed by atoms with E-state index in [1.165, 1.54) is 64.2 Å². The maximum Gasteiger partial charge on any atom is 0.234 e. The molecule has 21 heavy (non-hydrogen) atoms. The molecule has 0 spiro atoms. The van der Waals surface area contributed by atoms with Gasteiger partial charge in [-0.2, -0.15) is 0 Å². The number of amides is 1. The monoisotopic (exact) mass is 300 g/mol. The van der Waals surface area contributed by atoms with Crippen LogP contribution in [-0.4, -0.2) is 39.3 Å². The highest BCUT2D eigenvalue weighted by Crippen LogP contribution is 2.10. The fraction of sp³-hybridized carbons (Fsp3) is 0.941. The largest absolute Gasteiger partial charge is 0.383 e. The molecule has 0 heterocycles. The molecule has 0 aromatic heterocycles. The van der Waals surface area contributed by atoms with Crippen molar-refractivity contribution in [1.29, 1.82) is 0 Å². The molecule has 0 atom stereocenters. The van der Waals surface area contributed by atoms with Crippen LogP contribution in [-0.2, 0) is 9.53 Å². The zero-order chi connectivity index (χ0) is 15.6. The van der Waals surface area contributed by atoms with Crippen LogP contribution in [0, 0.1) is 0 Å². The van der Waals surface area contributed by atoms with Crippen LogP contribution in [0.1, 0.15) is 71.1 Å². The lowest BCUT2D eigenvalue weighted by molar-refractivity contribution is -0.120. The lowest BCUT2D eigenvalue weighted by Crippen LogP contribution is -2.35. The predicted molar refractivity (Wildman–Crippen MR) is 89.6 cm³/mol. The van der Waals surface area contributed by atoms with Crippen molar-refractivity contribution >= 4 is 5.91 Å². The summed E-state index contributed by atoms with van der Waals surface area (Å²) in [5, 5.41) is 5.98. The topological polar surface area (TPSA) is 50.4 Å². The standard InChI is InChI=1S/C17H36N2O2/c1-3-4-5-6-7-8-9-10-11-12-13-18-16-17(20)19-14-15-21-2/h18H,3-16H2,1-2H3,(H,19,20). The van der Waals surface area contributed by atoms with E-state index in [2.05, 4.69) is 17.6 Å². The molecular formula is C17H36N2O2. The second-order valence-corrected chi connectivity index (χ2v) is 5.70. The SMILES string of the molecule is CCCCCCCCCCCCNCC(=O)NCCOC. The number of ether oxygens (including phenoxy) is 1. The Morgan fingerprint density at radius 1 is 0.857 bits per heavy atom. The van der Waals surface area contributed by atoms with Crippen molar-refractivity contribution in [2.24, 2.45) is 0 Å². The lowest BCUT2D eigenvalue weighted by atomic mass is 10.1. The average molecular weight is 300 g/mol. The molecule has 1 amide bonds. The molecule has 0 aliphatic heterocycles. The molecule has 0 bridgehead atoms. The van der Waals surface area contributed by atoms with E-state index in [1.807, 2.05) is 0 Å². The van der Waals surface area contributed by atoms with Crippen molar-refractivity contribution in [2.45, 2.75) is 71.1 Å². The van der Waals surface area contributed by atoms with Crippen molar-refractivity contribution in [1.82, 2.24) is 10.6 Å². The van der Waals surface area contributed by atoms with Crippen LogP contribution < -0.4 is 10.6 Å². The number of rotatable bonds is 16. The van der Waals surface area contributed by atoms with Crippen molar-refractivity contribution in [2.75, 3.05) is 33.4 Å². The molecule has 0 rings (SSSR count). The van der Waals surface area contributed by atoms with Crippen LogP contribution in [0.5, 0.6) is 0 Å². The van der Waals surface area contributed by atoms with Gasteiger partial charge in [0.15, 0.2) is 0 Å². The van der Waals surface area contributed by atoms with Gasteiger partial charge in [0, 0.05) is 13.7 Å². The van der Waals surface area contributed by atoms with Gasteiger partial charge in [0.25, 0.3) is 0 Å². The third-order valence-corrected chi connectivity index (χ3v) is 3.62. The van der Waals surface area contributed by atoms with E-state index < -0.39 is 0 Å². The number of unbranched alkanes of at least 4 members (excludes halogenated alkanes) is 9. The Bertz CT molecular complexity index is 223. The van der Waals surface area contributed by atoms with Crippen molar-refractivity contribution in [3.05, 3.63) is 0 Å². The van der Waals surface area contributed by atoms with Crippen molar-refractivity contribution in [3.8, 4) is 0 Å². The molecule has 0 aromatic carbocycles. The first-order valence-electron chi connectivity index (χ1n) is 8.77. The molecule has 0 radical (unpaired) electrons. The molecule has 0 aliphatic carbocycles. The molecule has 0 saturated heterocycles. The molecule has 0 aliphatic rings. The molecule has 0 saturated carbocycles. The lowest BCUT2D eigenvalue weighted by Gasteiger charge is -2.06. The van der Waals surface area contributed by atoms with Gasteiger partial charge in [-0.25, -0.2) is 0 Å². The van der Waals surface area contributed by atoms with E-state index in [0.717, 1.165) is 6.54 Å². The van der Waals surface area contributed by atoms with Crippen LogP contribution in [0.25, 0.3) is 0 Å². The summed E-state index contributed by atoms with van der Waals surface area (Å²) < 4.78 is 4.87. The third kappa shape index (κ3) is 17.3. The average Bonchev–Trinajstić information content (AvgIpc) is 2.48. The van der Waals surface area contributed by atoms with Gasteiger partial charge in [-0.1, -0.05) is 64.7 Å². The molecule has 4 nitrogen and oxygen atoms in total. The number of nitrogens with one attached hydrogen (secondary N) is 2. The van der Waals surface area contributed by atoms with Crippen LogP contribution in [0.15, 0.2) is 0 Å². The van der Waals surface area contributed by atoms with Crippen LogP contribution in [0.4, 0.5) is 0 Å². The first-order chi connectivity index (χ1) is 10.3. The maximum atomic E-state index is 11.4. The number of methoxy groups -OCH3 is 1. The molecule has 4 heteroatoms. The summed E-state index contributed by atoms with van der Waals surface area (Å²) in [6.07, 6.45) is 13.5. The molecule has 0 fully saturated rings. The molecule has 0 unspecified atom stereocenters. The van der Waals surface area contributed by atoms with Gasteiger partial charge < -0.3 is 15.4 Å². The van der Waals surface area contributed by atoms with Gasteiger partial charge >= 0.3 is 0 Å². The van der Waals surface area contributed by atoms with Crippen LogP contribution >= 0.6 is 0 Å². The highest BCUT2D eigenvalue weighted by molar-refractivity contribution is 5.77. The van der Waals surface area contributed by atoms with E-state index in [-0.39, 0.29) is 5.91 Å². The number of hydrogen-bond acceptors (Lipinski definition) is 3. The van der Waals surface area contributed by atoms with Crippen LogP contribution in [0.3, 0.4) is 0 Å². The molecule has 0 aromatic rings. The maximum absolute atomic E-state index is 11.4. The van der Waals surface area contributed by atoms with Gasteiger partial charge in [-0.15, -0.1) is 0 Å². The highest BCUT2D eigenvalue weighted by atomic mass is 16.5. The predicted octanol–water partition coefficient (Wildman–Crippen LogP) is 3.26. The molecular weight excluding hydrogens is 264 g/mol. The Balaban J connectivity index is 3.06. The smallest absolute Gasteiger partial charge is 0.234 e. The molecule has 126 valence electrons. The Hall–Kier alpha value is -0.610. The fourth-order valence-electron chi connectivity index (χ4n) is 2.29. The Labute approximate surface area is 131 Å². The zero-order valence-electron chi connectivity index (χ0n) is 14.2. The zero-order valence-corrected chi connectivity index (χ0v) is 14.2. The first kappa shape index (κ1) is 20.4. The van der Waals surface area contributed by atoms with Crippen LogP contribution in [0.2, 0.25) is 0 Å². The van der Waals surface area contributed by atoms with E-state index >= 15 is 0 Å². The Kier molecular flexibility index (Phi) is 16.9. The minimum absolute atomic E-state index is 0.0547. The summed E-state index contributed by atoms with van der Waals surface area (Å²) in [6, 6.07) is 0. The van der Waals surface area contributed by atoms with Gasteiger partial charge in [-0.3, -0.25) is 4.79 Å². The quantitative estimate of drug-likeness (QED) is 0.430. The van der Waals surface area contributed by atoms with E-state index in [1.54, 1.807) is 7.11 Å². The molecule has 2 N–H and O–H groups in total.